The molecule has 1 atom stereocenters. The predicted molar refractivity (Wildman–Crippen MR) is 125 cm³/mol. The molecule has 0 aliphatic carbocycles. The Kier molecular flexibility index (Phi) is 6.22. The summed E-state index contributed by atoms with van der Waals surface area (Å²) in [6.45, 7) is 1.41. The summed E-state index contributed by atoms with van der Waals surface area (Å²) >= 11 is 0. The summed E-state index contributed by atoms with van der Waals surface area (Å²) < 4.78 is 5.31. The molecule has 8 heteroatoms. The van der Waals surface area contributed by atoms with E-state index in [4.69, 9.17) is 9.84 Å². The van der Waals surface area contributed by atoms with Gasteiger partial charge in [0.2, 0.25) is 0 Å². The highest BCUT2D eigenvalue weighted by molar-refractivity contribution is 6.46. The lowest BCUT2D eigenvalue weighted by atomic mass is 10.0. The first-order valence-corrected chi connectivity index (χ1v) is 10.4. The second-order valence-electron chi connectivity index (χ2n) is 7.46. The first-order valence-electron chi connectivity index (χ1n) is 10.4. The SMILES string of the molecule is C[C@@H](Oc1ccc(C=C2C(=O)N(c3ccccc3)C(=O)N(c3ccccc3)C2=O)cc1)C(=O)O. The molecule has 1 N–H and O–H groups in total. The van der Waals surface area contributed by atoms with Gasteiger partial charge in [-0.2, -0.15) is 0 Å². The summed E-state index contributed by atoms with van der Waals surface area (Å²) in [6.07, 6.45) is 0.364. The summed E-state index contributed by atoms with van der Waals surface area (Å²) in [6, 6.07) is 22.2. The number of para-hydroxylation sites is 2. The van der Waals surface area contributed by atoms with Crippen molar-refractivity contribution in [3.8, 4) is 5.75 Å². The lowest BCUT2D eigenvalue weighted by Crippen LogP contribution is -2.57. The van der Waals surface area contributed by atoms with Gasteiger partial charge in [0.15, 0.2) is 6.10 Å². The molecule has 4 amide bonds. The number of carbonyl (C=O) groups excluding carboxylic acids is 3. The van der Waals surface area contributed by atoms with E-state index in [1.807, 2.05) is 0 Å². The van der Waals surface area contributed by atoms with Crippen LogP contribution in [0.2, 0.25) is 0 Å². The molecular formula is C26H20N2O6. The van der Waals surface area contributed by atoms with Gasteiger partial charge in [0.1, 0.15) is 11.3 Å². The highest BCUT2D eigenvalue weighted by Crippen LogP contribution is 2.29. The zero-order valence-corrected chi connectivity index (χ0v) is 18.1. The summed E-state index contributed by atoms with van der Waals surface area (Å²) in [7, 11) is 0. The lowest BCUT2D eigenvalue weighted by molar-refractivity contribution is -0.144. The number of rotatable bonds is 6. The summed E-state index contributed by atoms with van der Waals surface area (Å²) in [5, 5.41) is 8.99. The number of ether oxygens (including phenoxy) is 1. The average Bonchev–Trinajstić information content (AvgIpc) is 2.84. The third kappa shape index (κ3) is 4.42. The van der Waals surface area contributed by atoms with Crippen LogP contribution in [0.5, 0.6) is 5.75 Å². The molecule has 3 aromatic rings. The number of hydrogen-bond acceptors (Lipinski definition) is 5. The molecular weight excluding hydrogens is 436 g/mol. The van der Waals surface area contributed by atoms with Crippen molar-refractivity contribution in [2.24, 2.45) is 0 Å². The molecule has 0 unspecified atom stereocenters. The van der Waals surface area contributed by atoms with E-state index >= 15 is 0 Å². The Hall–Kier alpha value is -4.72. The number of carboxylic acid groups (broad SMARTS) is 1. The van der Waals surface area contributed by atoms with Gasteiger partial charge in [-0.1, -0.05) is 48.5 Å². The first kappa shape index (κ1) is 22.5. The number of benzene rings is 3. The lowest BCUT2D eigenvalue weighted by Gasteiger charge is -2.33. The third-order valence-corrected chi connectivity index (χ3v) is 5.13. The largest absolute Gasteiger partial charge is 0.479 e. The number of urea groups is 1. The van der Waals surface area contributed by atoms with Crippen molar-refractivity contribution in [3.05, 3.63) is 96.1 Å². The van der Waals surface area contributed by atoms with Crippen LogP contribution in [0.3, 0.4) is 0 Å². The number of amides is 4. The van der Waals surface area contributed by atoms with Crippen LogP contribution in [0.15, 0.2) is 90.5 Å². The topological polar surface area (TPSA) is 104 Å². The van der Waals surface area contributed by atoms with Crippen molar-refractivity contribution in [1.82, 2.24) is 0 Å². The van der Waals surface area contributed by atoms with Gasteiger partial charge in [-0.25, -0.2) is 19.4 Å². The van der Waals surface area contributed by atoms with E-state index < -0.39 is 29.9 Å². The molecule has 34 heavy (non-hydrogen) atoms. The van der Waals surface area contributed by atoms with Crippen LogP contribution in [-0.4, -0.2) is 35.0 Å². The van der Waals surface area contributed by atoms with Crippen LogP contribution in [0.25, 0.3) is 6.08 Å². The van der Waals surface area contributed by atoms with Crippen LogP contribution in [0, 0.1) is 0 Å². The van der Waals surface area contributed by atoms with Crippen LogP contribution in [0.1, 0.15) is 12.5 Å². The summed E-state index contributed by atoms with van der Waals surface area (Å²) in [4.78, 5) is 52.8. The predicted octanol–water partition coefficient (Wildman–Crippen LogP) is 4.12. The molecule has 1 heterocycles. The molecule has 1 saturated heterocycles. The number of carbonyl (C=O) groups is 4. The van der Waals surface area contributed by atoms with Crippen molar-refractivity contribution in [1.29, 1.82) is 0 Å². The smallest absolute Gasteiger partial charge is 0.344 e. The van der Waals surface area contributed by atoms with E-state index in [0.29, 0.717) is 22.7 Å². The molecule has 0 radical (unpaired) electrons. The molecule has 1 fully saturated rings. The van der Waals surface area contributed by atoms with E-state index in [0.717, 1.165) is 9.80 Å². The Balaban J connectivity index is 1.74. The Morgan fingerprint density at radius 3 is 1.71 bits per heavy atom. The maximum atomic E-state index is 13.3. The van der Waals surface area contributed by atoms with Gasteiger partial charge < -0.3 is 9.84 Å². The number of aliphatic carboxylic acids is 1. The molecule has 1 aliphatic heterocycles. The maximum absolute atomic E-state index is 13.3. The van der Waals surface area contributed by atoms with E-state index in [9.17, 15) is 19.2 Å². The fourth-order valence-corrected chi connectivity index (χ4v) is 3.40. The van der Waals surface area contributed by atoms with Gasteiger partial charge in [0.25, 0.3) is 11.8 Å². The monoisotopic (exact) mass is 456 g/mol. The summed E-state index contributed by atoms with van der Waals surface area (Å²) in [5.41, 5.74) is 0.980. The molecule has 8 nitrogen and oxygen atoms in total. The Bertz CT molecular complexity index is 1210. The molecule has 0 bridgehead atoms. The zero-order valence-electron chi connectivity index (χ0n) is 18.1. The highest BCUT2D eigenvalue weighted by atomic mass is 16.5. The minimum Gasteiger partial charge on any atom is -0.479 e. The second-order valence-corrected chi connectivity index (χ2v) is 7.46. The van der Waals surface area contributed by atoms with E-state index in [-0.39, 0.29) is 5.57 Å². The van der Waals surface area contributed by atoms with Gasteiger partial charge in [-0.3, -0.25) is 9.59 Å². The van der Waals surface area contributed by atoms with Crippen LogP contribution < -0.4 is 14.5 Å². The van der Waals surface area contributed by atoms with Gasteiger partial charge in [0.05, 0.1) is 11.4 Å². The van der Waals surface area contributed by atoms with E-state index in [1.54, 1.807) is 84.9 Å². The standard InChI is InChI=1S/C26H20N2O6/c1-17(25(31)32)34-21-14-12-18(13-15-21)16-22-23(29)27(19-8-4-2-5-9-19)26(33)28(24(22)30)20-10-6-3-7-11-20/h2-17H,1H3,(H,31,32)/t17-/m1/s1. The Morgan fingerprint density at radius 1 is 0.794 bits per heavy atom. The van der Waals surface area contributed by atoms with Crippen molar-refractivity contribution in [2.75, 3.05) is 9.80 Å². The number of anilines is 2. The third-order valence-electron chi connectivity index (χ3n) is 5.13. The van der Waals surface area contributed by atoms with Crippen molar-refractivity contribution in [2.45, 2.75) is 13.0 Å². The second kappa shape index (κ2) is 9.41. The molecule has 3 aromatic carbocycles. The fraction of sp³-hybridized carbons (Fsp3) is 0.0769. The minimum atomic E-state index is -1.10. The quantitative estimate of drug-likeness (QED) is 0.442. The number of barbiturate groups is 1. The zero-order chi connectivity index (χ0) is 24.2. The molecule has 1 aliphatic rings. The van der Waals surface area contributed by atoms with E-state index in [1.165, 1.54) is 13.0 Å². The molecule has 170 valence electrons. The Labute approximate surface area is 195 Å². The van der Waals surface area contributed by atoms with Gasteiger partial charge >= 0.3 is 12.0 Å². The fourth-order valence-electron chi connectivity index (χ4n) is 3.40. The minimum absolute atomic E-state index is 0.195. The number of carboxylic acids is 1. The van der Waals surface area contributed by atoms with Crippen LogP contribution in [-0.2, 0) is 14.4 Å². The van der Waals surface area contributed by atoms with Crippen LogP contribution in [0.4, 0.5) is 16.2 Å². The number of imide groups is 2. The number of hydrogen-bond donors (Lipinski definition) is 1. The van der Waals surface area contributed by atoms with Crippen molar-refractivity contribution in [3.63, 3.8) is 0 Å². The first-order chi connectivity index (χ1) is 16.4. The van der Waals surface area contributed by atoms with Crippen molar-refractivity contribution < 1.29 is 29.0 Å². The van der Waals surface area contributed by atoms with E-state index in [2.05, 4.69) is 0 Å². The Morgan fingerprint density at radius 2 is 1.26 bits per heavy atom. The van der Waals surface area contributed by atoms with Gasteiger partial charge in [-0.05, 0) is 55.0 Å². The highest BCUT2D eigenvalue weighted by Gasteiger charge is 2.43. The number of nitrogens with zero attached hydrogens (tertiary/aromatic N) is 2. The van der Waals surface area contributed by atoms with Crippen molar-refractivity contribution >= 4 is 41.3 Å². The summed E-state index contributed by atoms with van der Waals surface area (Å²) in [5.74, 6) is -2.26. The average molecular weight is 456 g/mol. The van der Waals surface area contributed by atoms with Gasteiger partial charge in [0, 0.05) is 0 Å². The molecule has 4 rings (SSSR count). The molecule has 0 spiro atoms. The normalized spacial score (nSPS) is 14.7. The molecule has 0 saturated carbocycles. The maximum Gasteiger partial charge on any atom is 0.344 e. The molecule has 0 aromatic heterocycles. The van der Waals surface area contributed by atoms with Gasteiger partial charge in [-0.15, -0.1) is 0 Å². The van der Waals surface area contributed by atoms with Crippen LogP contribution >= 0.6 is 0 Å².